The van der Waals surface area contributed by atoms with Crippen LogP contribution in [0.25, 0.3) is 11.3 Å². The monoisotopic (exact) mass is 665 g/mol. The predicted octanol–water partition coefficient (Wildman–Crippen LogP) is 3.41. The van der Waals surface area contributed by atoms with Gasteiger partial charge in [-0.15, -0.1) is 0 Å². The Balaban J connectivity index is 1.25. The van der Waals surface area contributed by atoms with Crippen molar-refractivity contribution in [1.29, 1.82) is 0 Å². The van der Waals surface area contributed by atoms with Crippen LogP contribution < -0.4 is 15.5 Å². The zero-order chi connectivity index (χ0) is 34.5. The van der Waals surface area contributed by atoms with Gasteiger partial charge in [0, 0.05) is 88.6 Å². The van der Waals surface area contributed by atoms with Crippen LogP contribution in [0.2, 0.25) is 0 Å². The van der Waals surface area contributed by atoms with Crippen LogP contribution in [0.15, 0.2) is 66.7 Å². The molecular weight excluding hydrogens is 618 g/mol. The highest BCUT2D eigenvalue weighted by Gasteiger charge is 2.30. The van der Waals surface area contributed by atoms with E-state index in [9.17, 15) is 14.4 Å². The number of rotatable bonds is 10. The molecule has 3 aliphatic rings. The molecule has 49 heavy (non-hydrogen) atoms. The Bertz CT molecular complexity index is 1690. The lowest BCUT2D eigenvalue weighted by Gasteiger charge is -2.32. The summed E-state index contributed by atoms with van der Waals surface area (Å²) in [5, 5.41) is 6.48. The van der Waals surface area contributed by atoms with Gasteiger partial charge in [-0.05, 0) is 74.1 Å². The van der Waals surface area contributed by atoms with Crippen molar-refractivity contribution in [2.75, 3.05) is 109 Å². The van der Waals surface area contributed by atoms with Crippen molar-refractivity contribution in [2.24, 2.45) is 0 Å². The molecule has 11 heteroatoms. The van der Waals surface area contributed by atoms with E-state index in [0.29, 0.717) is 34.6 Å². The van der Waals surface area contributed by atoms with E-state index in [2.05, 4.69) is 56.5 Å². The summed E-state index contributed by atoms with van der Waals surface area (Å²) in [4.78, 5) is 50.1. The highest BCUT2D eigenvalue weighted by atomic mass is 16.5. The number of likely N-dealkylation sites (N-methyl/N-ethyl adjacent to an activating group) is 3. The van der Waals surface area contributed by atoms with Gasteiger partial charge in [-0.3, -0.25) is 14.5 Å². The van der Waals surface area contributed by atoms with Gasteiger partial charge >= 0.3 is 5.97 Å². The molecular formula is C38H47N7O4. The third-order valence-corrected chi connectivity index (χ3v) is 9.84. The van der Waals surface area contributed by atoms with Gasteiger partial charge in [0.05, 0.1) is 30.5 Å². The molecule has 2 amide bonds. The third kappa shape index (κ3) is 8.19. The van der Waals surface area contributed by atoms with Crippen molar-refractivity contribution >= 4 is 46.1 Å². The molecule has 2 saturated heterocycles. The van der Waals surface area contributed by atoms with E-state index in [1.54, 1.807) is 30.1 Å². The molecule has 0 bridgehead atoms. The molecule has 258 valence electrons. The quantitative estimate of drug-likeness (QED) is 0.249. The van der Waals surface area contributed by atoms with E-state index in [1.165, 1.54) is 12.7 Å². The second-order valence-corrected chi connectivity index (χ2v) is 13.3. The molecule has 11 nitrogen and oxygen atoms in total. The fraction of sp³-hybridized carbons (Fsp3) is 0.395. The number of hydrogen-bond donors (Lipinski definition) is 2. The number of ether oxygens (including phenoxy) is 1. The first-order valence-electron chi connectivity index (χ1n) is 17.0. The summed E-state index contributed by atoms with van der Waals surface area (Å²) in [6, 6.07) is 21.1. The molecule has 0 spiro atoms. The lowest BCUT2D eigenvalue weighted by Crippen LogP contribution is -2.48. The van der Waals surface area contributed by atoms with Crippen LogP contribution >= 0.6 is 0 Å². The molecule has 3 aromatic rings. The summed E-state index contributed by atoms with van der Waals surface area (Å²) < 4.78 is 4.96. The van der Waals surface area contributed by atoms with Gasteiger partial charge in [0.1, 0.15) is 0 Å². The average molecular weight is 666 g/mol. The number of nitrogens with one attached hydrogen (secondary N) is 2. The number of nitrogens with zero attached hydrogens (tertiary/aromatic N) is 5. The summed E-state index contributed by atoms with van der Waals surface area (Å²) >= 11 is 0. The molecule has 2 N–H and O–H groups in total. The zero-order valence-corrected chi connectivity index (χ0v) is 29.0. The maximum absolute atomic E-state index is 13.6. The SMILES string of the molecule is COC(=O)c1ccc2c(c1)/C(=C(/Nc1ccc(N(C)C(=O)CN3CCN(C)CC3)cc1)c1ccc(CCN3CCN(C)CC3)cc1)C(=O)N2. The minimum Gasteiger partial charge on any atom is -0.465 e. The molecule has 0 radical (unpaired) electrons. The van der Waals surface area contributed by atoms with Gasteiger partial charge < -0.3 is 35.0 Å². The third-order valence-electron chi connectivity index (χ3n) is 9.84. The van der Waals surface area contributed by atoms with E-state index in [0.717, 1.165) is 82.3 Å². The van der Waals surface area contributed by atoms with Crippen LogP contribution in [-0.2, 0) is 20.7 Å². The number of piperazine rings is 2. The normalized spacial score (nSPS) is 18.5. The van der Waals surface area contributed by atoms with Gasteiger partial charge in [-0.1, -0.05) is 24.3 Å². The van der Waals surface area contributed by atoms with Crippen molar-refractivity contribution in [3.05, 3.63) is 89.0 Å². The molecule has 0 aliphatic carbocycles. The first-order valence-corrected chi connectivity index (χ1v) is 17.0. The highest BCUT2D eigenvalue weighted by Crippen LogP contribution is 2.38. The number of methoxy groups -OCH3 is 1. The lowest BCUT2D eigenvalue weighted by molar-refractivity contribution is -0.119. The summed E-state index contributed by atoms with van der Waals surface area (Å²) in [6.07, 6.45) is 0.942. The Morgan fingerprint density at radius 3 is 2.06 bits per heavy atom. The van der Waals surface area contributed by atoms with Crippen LogP contribution in [0.3, 0.4) is 0 Å². The molecule has 0 saturated carbocycles. The van der Waals surface area contributed by atoms with E-state index in [1.807, 2.05) is 36.4 Å². The molecule has 0 aromatic heterocycles. The Kier molecular flexibility index (Phi) is 10.7. The van der Waals surface area contributed by atoms with Crippen molar-refractivity contribution in [3.63, 3.8) is 0 Å². The number of amides is 2. The Morgan fingerprint density at radius 2 is 1.43 bits per heavy atom. The Hall–Kier alpha value is -4.55. The number of carbonyl (C=O) groups is 3. The van der Waals surface area contributed by atoms with Gasteiger partial charge in [-0.25, -0.2) is 4.79 Å². The topological polar surface area (TPSA) is 101 Å². The first kappa shape index (κ1) is 34.3. The first-order chi connectivity index (χ1) is 23.7. The predicted molar refractivity (Wildman–Crippen MR) is 195 cm³/mol. The summed E-state index contributed by atoms with van der Waals surface area (Å²) in [5.41, 5.74) is 6.30. The number of anilines is 3. The number of esters is 1. The number of fused-ring (bicyclic) bond motifs is 1. The van der Waals surface area contributed by atoms with Crippen LogP contribution in [-0.4, -0.2) is 131 Å². The molecule has 0 atom stereocenters. The van der Waals surface area contributed by atoms with Gasteiger partial charge in [0.15, 0.2) is 0 Å². The molecule has 3 heterocycles. The molecule has 2 fully saturated rings. The molecule has 0 unspecified atom stereocenters. The molecule has 3 aromatic carbocycles. The summed E-state index contributed by atoms with van der Waals surface area (Å²) in [6.45, 7) is 9.41. The zero-order valence-electron chi connectivity index (χ0n) is 29.0. The number of benzene rings is 3. The van der Waals surface area contributed by atoms with E-state index < -0.39 is 5.97 Å². The second-order valence-electron chi connectivity index (χ2n) is 13.3. The largest absolute Gasteiger partial charge is 0.465 e. The van der Waals surface area contributed by atoms with E-state index >= 15 is 0 Å². The van der Waals surface area contributed by atoms with Crippen molar-refractivity contribution in [1.82, 2.24) is 19.6 Å². The summed E-state index contributed by atoms with van der Waals surface area (Å²) in [7, 11) is 7.41. The average Bonchev–Trinajstić information content (AvgIpc) is 3.45. The minimum atomic E-state index is -0.470. The van der Waals surface area contributed by atoms with Crippen molar-refractivity contribution < 1.29 is 19.1 Å². The second kappa shape index (κ2) is 15.3. The van der Waals surface area contributed by atoms with Crippen LogP contribution in [0.5, 0.6) is 0 Å². The molecule has 6 rings (SSSR count). The van der Waals surface area contributed by atoms with Crippen LogP contribution in [0, 0.1) is 0 Å². The Morgan fingerprint density at radius 1 is 0.816 bits per heavy atom. The van der Waals surface area contributed by atoms with Crippen molar-refractivity contribution in [2.45, 2.75) is 6.42 Å². The maximum Gasteiger partial charge on any atom is 0.337 e. The number of hydrogen-bond acceptors (Lipinski definition) is 9. The summed E-state index contributed by atoms with van der Waals surface area (Å²) in [5.74, 6) is -0.687. The number of carbonyl (C=O) groups excluding carboxylic acids is 3. The fourth-order valence-corrected chi connectivity index (χ4v) is 6.50. The fourth-order valence-electron chi connectivity index (χ4n) is 6.50. The standard InChI is InChI=1S/C38H47N7O4/c1-41-17-21-44(22-18-41)16-15-27-5-7-28(8-6-27)36(35-32-25-29(38(48)49-4)9-14-33(32)40-37(35)47)39-30-10-12-31(13-11-30)43(3)34(46)26-45-23-19-42(2)20-24-45/h5-14,25,39H,15-24,26H2,1-4H3,(H,40,47)/b36-35-. The minimum absolute atomic E-state index is 0.0430. The molecule has 3 aliphatic heterocycles. The highest BCUT2D eigenvalue weighted by molar-refractivity contribution is 6.37. The van der Waals surface area contributed by atoms with Gasteiger partial charge in [0.2, 0.25) is 5.91 Å². The van der Waals surface area contributed by atoms with E-state index in [-0.39, 0.29) is 11.8 Å². The lowest BCUT2D eigenvalue weighted by atomic mass is 9.97. The Labute approximate surface area is 289 Å². The smallest absolute Gasteiger partial charge is 0.337 e. The van der Waals surface area contributed by atoms with E-state index in [4.69, 9.17) is 4.74 Å². The van der Waals surface area contributed by atoms with Crippen molar-refractivity contribution in [3.8, 4) is 0 Å². The van der Waals surface area contributed by atoms with Crippen LogP contribution in [0.1, 0.15) is 27.0 Å². The van der Waals surface area contributed by atoms with Gasteiger partial charge in [-0.2, -0.15) is 0 Å². The maximum atomic E-state index is 13.6. The van der Waals surface area contributed by atoms with Crippen LogP contribution in [0.4, 0.5) is 17.1 Å². The van der Waals surface area contributed by atoms with Gasteiger partial charge in [0.25, 0.3) is 5.91 Å².